The maximum absolute atomic E-state index is 11.5. The lowest BCUT2D eigenvalue weighted by Gasteiger charge is -2.09. The zero-order chi connectivity index (χ0) is 16.5. The molecule has 0 spiro atoms. The van der Waals surface area contributed by atoms with Crippen molar-refractivity contribution in [1.82, 2.24) is 5.32 Å². The average Bonchev–Trinajstić information content (AvgIpc) is 2.52. The Balaban J connectivity index is 3.19. The van der Waals surface area contributed by atoms with Gasteiger partial charge in [0.05, 0.1) is 12.7 Å². The van der Waals surface area contributed by atoms with Gasteiger partial charge in [-0.1, -0.05) is 58.8 Å². The molecule has 1 unspecified atom stereocenters. The molecule has 0 bridgehead atoms. The van der Waals surface area contributed by atoms with Crippen molar-refractivity contribution in [3.8, 4) is 0 Å². The number of esters is 1. The predicted molar refractivity (Wildman–Crippen MR) is 92.0 cm³/mol. The zero-order valence-electron chi connectivity index (χ0n) is 14.7. The maximum atomic E-state index is 11.5. The molecular formula is C18H37NO3. The third kappa shape index (κ3) is 15.8. The van der Waals surface area contributed by atoms with Crippen molar-refractivity contribution in [3.63, 3.8) is 0 Å². The first-order valence-electron chi connectivity index (χ1n) is 9.25. The molecule has 0 amide bonds. The Morgan fingerprint density at radius 3 is 2.27 bits per heavy atom. The Kier molecular flexibility index (Phi) is 16.3. The molecule has 0 saturated heterocycles. The molecule has 0 heterocycles. The predicted octanol–water partition coefficient (Wildman–Crippen LogP) is 3.81. The monoisotopic (exact) mass is 315 g/mol. The molecule has 0 aliphatic rings. The van der Waals surface area contributed by atoms with Gasteiger partial charge in [0.25, 0.3) is 0 Å². The van der Waals surface area contributed by atoms with Crippen LogP contribution in [0.3, 0.4) is 0 Å². The summed E-state index contributed by atoms with van der Waals surface area (Å²) in [5, 5.41) is 12.5. The van der Waals surface area contributed by atoms with Crippen molar-refractivity contribution in [2.75, 3.05) is 19.7 Å². The highest BCUT2D eigenvalue weighted by Gasteiger charge is 2.03. The molecule has 0 radical (unpaired) electrons. The molecule has 0 aliphatic heterocycles. The highest BCUT2D eigenvalue weighted by molar-refractivity contribution is 5.69. The summed E-state index contributed by atoms with van der Waals surface area (Å²) in [7, 11) is 0. The second-order valence-electron chi connectivity index (χ2n) is 6.07. The van der Waals surface area contributed by atoms with Crippen molar-refractivity contribution in [2.24, 2.45) is 0 Å². The second-order valence-corrected chi connectivity index (χ2v) is 6.07. The summed E-state index contributed by atoms with van der Waals surface area (Å²) < 4.78 is 5.22. The first-order chi connectivity index (χ1) is 10.7. The molecule has 22 heavy (non-hydrogen) atoms. The minimum atomic E-state index is -0.283. The van der Waals surface area contributed by atoms with E-state index >= 15 is 0 Å². The molecule has 0 aromatic carbocycles. The minimum Gasteiger partial charge on any atom is -0.466 e. The number of ether oxygens (including phenoxy) is 1. The quantitative estimate of drug-likeness (QED) is 0.336. The Morgan fingerprint density at radius 1 is 1.00 bits per heavy atom. The van der Waals surface area contributed by atoms with Gasteiger partial charge in [-0.3, -0.25) is 4.79 Å². The molecule has 0 fully saturated rings. The van der Waals surface area contributed by atoms with Crippen LogP contribution in [0.5, 0.6) is 0 Å². The van der Waals surface area contributed by atoms with E-state index < -0.39 is 0 Å². The molecule has 1 atom stereocenters. The molecule has 4 heteroatoms. The zero-order valence-corrected chi connectivity index (χ0v) is 14.7. The SMILES string of the molecule is CCCCCCCCCCOC(=O)CCCNCC(O)CC. The number of unbranched alkanes of at least 4 members (excludes halogenated alkanes) is 7. The van der Waals surface area contributed by atoms with Gasteiger partial charge in [0.15, 0.2) is 0 Å². The molecule has 0 aliphatic carbocycles. The van der Waals surface area contributed by atoms with E-state index in [9.17, 15) is 9.90 Å². The van der Waals surface area contributed by atoms with Crippen LogP contribution in [0.25, 0.3) is 0 Å². The van der Waals surface area contributed by atoms with Gasteiger partial charge < -0.3 is 15.2 Å². The number of aliphatic hydroxyl groups excluding tert-OH is 1. The van der Waals surface area contributed by atoms with E-state index in [-0.39, 0.29) is 12.1 Å². The number of carbonyl (C=O) groups is 1. The van der Waals surface area contributed by atoms with E-state index in [2.05, 4.69) is 12.2 Å². The fourth-order valence-corrected chi connectivity index (χ4v) is 2.26. The lowest BCUT2D eigenvalue weighted by atomic mass is 10.1. The largest absolute Gasteiger partial charge is 0.466 e. The summed E-state index contributed by atoms with van der Waals surface area (Å²) in [6.07, 6.45) is 11.8. The Labute approximate surface area is 137 Å². The highest BCUT2D eigenvalue weighted by Crippen LogP contribution is 2.08. The van der Waals surface area contributed by atoms with E-state index in [0.29, 0.717) is 19.6 Å². The van der Waals surface area contributed by atoms with Crippen molar-refractivity contribution in [2.45, 2.75) is 90.6 Å². The minimum absolute atomic E-state index is 0.0965. The van der Waals surface area contributed by atoms with Crippen LogP contribution in [-0.4, -0.2) is 36.9 Å². The lowest BCUT2D eigenvalue weighted by Crippen LogP contribution is -2.27. The van der Waals surface area contributed by atoms with E-state index in [1.54, 1.807) is 0 Å². The van der Waals surface area contributed by atoms with Crippen LogP contribution in [0, 0.1) is 0 Å². The van der Waals surface area contributed by atoms with Gasteiger partial charge in [0, 0.05) is 13.0 Å². The number of hydrogen-bond acceptors (Lipinski definition) is 4. The van der Waals surface area contributed by atoms with Crippen LogP contribution in [0.15, 0.2) is 0 Å². The molecular weight excluding hydrogens is 278 g/mol. The van der Waals surface area contributed by atoms with Crippen molar-refractivity contribution < 1.29 is 14.6 Å². The van der Waals surface area contributed by atoms with E-state index in [4.69, 9.17) is 4.74 Å². The third-order valence-corrected chi connectivity index (χ3v) is 3.85. The van der Waals surface area contributed by atoms with Gasteiger partial charge in [0.2, 0.25) is 0 Å². The van der Waals surface area contributed by atoms with Crippen LogP contribution >= 0.6 is 0 Å². The number of aliphatic hydroxyl groups is 1. The molecule has 0 rings (SSSR count). The molecule has 2 N–H and O–H groups in total. The van der Waals surface area contributed by atoms with E-state index in [1.807, 2.05) is 6.92 Å². The first kappa shape index (κ1) is 21.4. The summed E-state index contributed by atoms with van der Waals surface area (Å²) in [6, 6.07) is 0. The third-order valence-electron chi connectivity index (χ3n) is 3.85. The normalized spacial score (nSPS) is 12.3. The topological polar surface area (TPSA) is 58.6 Å². The van der Waals surface area contributed by atoms with Crippen molar-refractivity contribution in [1.29, 1.82) is 0 Å². The van der Waals surface area contributed by atoms with E-state index in [1.165, 1.54) is 38.5 Å². The fourth-order valence-electron chi connectivity index (χ4n) is 2.26. The van der Waals surface area contributed by atoms with Gasteiger partial charge in [-0.05, 0) is 25.8 Å². The Morgan fingerprint density at radius 2 is 1.64 bits per heavy atom. The highest BCUT2D eigenvalue weighted by atomic mass is 16.5. The Bertz CT molecular complexity index is 246. The second kappa shape index (κ2) is 16.8. The summed E-state index contributed by atoms with van der Waals surface area (Å²) in [5.41, 5.74) is 0. The summed E-state index contributed by atoms with van der Waals surface area (Å²) in [5.74, 6) is -0.0965. The summed E-state index contributed by atoms with van der Waals surface area (Å²) in [6.45, 7) is 6.11. The molecule has 0 aromatic heterocycles. The van der Waals surface area contributed by atoms with Crippen LogP contribution in [0.1, 0.15) is 84.5 Å². The average molecular weight is 315 g/mol. The lowest BCUT2D eigenvalue weighted by molar-refractivity contribution is -0.143. The van der Waals surface area contributed by atoms with E-state index in [0.717, 1.165) is 32.2 Å². The van der Waals surface area contributed by atoms with Gasteiger partial charge in [0.1, 0.15) is 0 Å². The first-order valence-corrected chi connectivity index (χ1v) is 9.25. The van der Waals surface area contributed by atoms with Crippen LogP contribution in [0.2, 0.25) is 0 Å². The van der Waals surface area contributed by atoms with Crippen molar-refractivity contribution in [3.05, 3.63) is 0 Å². The van der Waals surface area contributed by atoms with Gasteiger partial charge in [-0.15, -0.1) is 0 Å². The summed E-state index contributed by atoms with van der Waals surface area (Å²) in [4.78, 5) is 11.5. The number of carbonyl (C=O) groups excluding carboxylic acids is 1. The van der Waals surface area contributed by atoms with Gasteiger partial charge >= 0.3 is 5.97 Å². The van der Waals surface area contributed by atoms with Crippen LogP contribution in [0.4, 0.5) is 0 Å². The number of nitrogens with one attached hydrogen (secondary N) is 1. The Hall–Kier alpha value is -0.610. The molecule has 0 saturated carbocycles. The molecule has 132 valence electrons. The molecule has 4 nitrogen and oxygen atoms in total. The van der Waals surface area contributed by atoms with Crippen LogP contribution < -0.4 is 5.32 Å². The van der Waals surface area contributed by atoms with Gasteiger partial charge in [-0.2, -0.15) is 0 Å². The summed E-state index contributed by atoms with van der Waals surface area (Å²) >= 11 is 0. The maximum Gasteiger partial charge on any atom is 0.305 e. The van der Waals surface area contributed by atoms with Crippen LogP contribution in [-0.2, 0) is 9.53 Å². The van der Waals surface area contributed by atoms with Crippen molar-refractivity contribution >= 4 is 5.97 Å². The number of rotatable bonds is 16. The standard InChI is InChI=1S/C18H37NO3/c1-3-5-6-7-8-9-10-11-15-22-18(21)13-12-14-19-16-17(20)4-2/h17,19-20H,3-16H2,1-2H3. The number of hydrogen-bond donors (Lipinski definition) is 2. The molecule has 0 aromatic rings. The smallest absolute Gasteiger partial charge is 0.305 e. The van der Waals surface area contributed by atoms with Gasteiger partial charge in [-0.25, -0.2) is 0 Å². The fraction of sp³-hybridized carbons (Fsp3) is 0.944.